The zero-order valence-electron chi connectivity index (χ0n) is 8.60. The van der Waals surface area contributed by atoms with Crippen molar-refractivity contribution in [1.29, 1.82) is 0 Å². The van der Waals surface area contributed by atoms with Crippen LogP contribution in [0.1, 0.15) is 6.92 Å². The molecule has 0 spiro atoms. The number of hydrogen-bond acceptors (Lipinski definition) is 3. The Morgan fingerprint density at radius 2 is 2.06 bits per heavy atom. The van der Waals surface area contributed by atoms with Crippen LogP contribution in [0.15, 0.2) is 24.3 Å². The quantitative estimate of drug-likeness (QED) is 0.826. The van der Waals surface area contributed by atoms with Crippen LogP contribution in [-0.4, -0.2) is 20.7 Å². The van der Waals surface area contributed by atoms with Crippen LogP contribution in [0.2, 0.25) is 0 Å². The molecule has 1 aromatic carbocycles. The van der Waals surface area contributed by atoms with Gasteiger partial charge in [0.1, 0.15) is 0 Å². The molecule has 0 aliphatic rings. The molecule has 0 aliphatic carbocycles. The molecule has 0 saturated heterocycles. The predicted molar refractivity (Wildman–Crippen MR) is 58.8 cm³/mol. The SMILES string of the molecule is CCN(c1cccc(N)c1)S(=O)(=O)C(F)F. The van der Waals surface area contributed by atoms with Gasteiger partial charge in [-0.05, 0) is 25.1 Å². The molecule has 0 amide bonds. The molecule has 0 aliphatic heterocycles. The average molecular weight is 250 g/mol. The third-order valence-electron chi connectivity index (χ3n) is 1.98. The monoisotopic (exact) mass is 250 g/mol. The fourth-order valence-corrected chi connectivity index (χ4v) is 2.25. The topological polar surface area (TPSA) is 63.4 Å². The summed E-state index contributed by atoms with van der Waals surface area (Å²) in [5.74, 6) is -3.44. The maximum absolute atomic E-state index is 12.4. The smallest absolute Gasteiger partial charge is 0.355 e. The Kier molecular flexibility index (Phi) is 3.69. The summed E-state index contributed by atoms with van der Waals surface area (Å²) in [5.41, 5.74) is 5.92. The Labute approximate surface area is 92.7 Å². The van der Waals surface area contributed by atoms with Crippen LogP contribution in [-0.2, 0) is 10.0 Å². The van der Waals surface area contributed by atoms with Crippen molar-refractivity contribution in [1.82, 2.24) is 0 Å². The average Bonchev–Trinajstić information content (AvgIpc) is 2.18. The van der Waals surface area contributed by atoms with Gasteiger partial charge in [0.25, 0.3) is 10.0 Å². The minimum Gasteiger partial charge on any atom is -0.399 e. The maximum atomic E-state index is 12.4. The summed E-state index contributed by atoms with van der Waals surface area (Å²) in [6.45, 7) is 1.40. The van der Waals surface area contributed by atoms with Gasteiger partial charge in [0.05, 0.1) is 5.69 Å². The van der Waals surface area contributed by atoms with E-state index in [2.05, 4.69) is 0 Å². The van der Waals surface area contributed by atoms with Gasteiger partial charge in [-0.2, -0.15) is 8.78 Å². The standard InChI is InChI=1S/C9H12F2N2O2S/c1-2-13(16(14,15)9(10)11)8-5-3-4-7(12)6-8/h3-6,9H,2,12H2,1H3. The summed E-state index contributed by atoms with van der Waals surface area (Å²) in [4.78, 5) is 0. The molecule has 7 heteroatoms. The number of nitrogen functional groups attached to an aromatic ring is 1. The fourth-order valence-electron chi connectivity index (χ4n) is 1.29. The van der Waals surface area contributed by atoms with Gasteiger partial charge in [-0.15, -0.1) is 0 Å². The van der Waals surface area contributed by atoms with Gasteiger partial charge < -0.3 is 5.73 Å². The van der Waals surface area contributed by atoms with Crippen molar-refractivity contribution in [2.75, 3.05) is 16.6 Å². The fraction of sp³-hybridized carbons (Fsp3) is 0.333. The summed E-state index contributed by atoms with van der Waals surface area (Å²) in [6, 6.07) is 5.81. The maximum Gasteiger partial charge on any atom is 0.355 e. The first-order valence-electron chi connectivity index (χ1n) is 4.55. The minimum absolute atomic E-state index is 0.0733. The van der Waals surface area contributed by atoms with Crippen molar-refractivity contribution in [2.24, 2.45) is 0 Å². The number of nitrogens with two attached hydrogens (primary N) is 1. The number of anilines is 2. The molecule has 16 heavy (non-hydrogen) atoms. The molecule has 0 bridgehead atoms. The molecule has 90 valence electrons. The molecule has 0 atom stereocenters. The highest BCUT2D eigenvalue weighted by Gasteiger charge is 2.31. The summed E-state index contributed by atoms with van der Waals surface area (Å²) >= 11 is 0. The van der Waals surface area contributed by atoms with Gasteiger partial charge in [0.2, 0.25) is 0 Å². The van der Waals surface area contributed by atoms with Crippen LogP contribution in [0.3, 0.4) is 0 Å². The summed E-state index contributed by atoms with van der Waals surface area (Å²) < 4.78 is 48.0. The zero-order chi connectivity index (χ0) is 12.3. The Morgan fingerprint density at radius 3 is 2.50 bits per heavy atom. The second-order valence-electron chi connectivity index (χ2n) is 3.07. The molecule has 0 fully saturated rings. The first-order valence-corrected chi connectivity index (χ1v) is 6.05. The molecule has 4 nitrogen and oxygen atoms in total. The number of halogens is 2. The third-order valence-corrected chi connectivity index (χ3v) is 3.51. The normalized spacial score (nSPS) is 11.8. The molecule has 0 heterocycles. The lowest BCUT2D eigenvalue weighted by Crippen LogP contribution is -2.35. The highest BCUT2D eigenvalue weighted by Crippen LogP contribution is 2.23. The Bertz CT molecular complexity index is 462. The largest absolute Gasteiger partial charge is 0.399 e. The van der Waals surface area contributed by atoms with Crippen LogP contribution in [0, 0.1) is 0 Å². The van der Waals surface area contributed by atoms with Gasteiger partial charge in [-0.1, -0.05) is 6.07 Å². The third kappa shape index (κ3) is 2.41. The summed E-state index contributed by atoms with van der Waals surface area (Å²) in [6.07, 6.45) is 0. The molecule has 1 aromatic rings. The van der Waals surface area contributed by atoms with E-state index in [9.17, 15) is 17.2 Å². The van der Waals surface area contributed by atoms with Crippen LogP contribution < -0.4 is 10.0 Å². The lowest BCUT2D eigenvalue weighted by Gasteiger charge is -2.22. The lowest BCUT2D eigenvalue weighted by molar-refractivity contribution is 0.234. The lowest BCUT2D eigenvalue weighted by atomic mass is 10.3. The Morgan fingerprint density at radius 1 is 1.44 bits per heavy atom. The zero-order valence-corrected chi connectivity index (χ0v) is 9.42. The van der Waals surface area contributed by atoms with Crippen LogP contribution >= 0.6 is 0 Å². The van der Waals surface area contributed by atoms with E-state index in [-0.39, 0.29) is 12.2 Å². The second-order valence-corrected chi connectivity index (χ2v) is 4.89. The molecular formula is C9H12F2N2O2S. The number of sulfonamides is 1. The van der Waals surface area contributed by atoms with Crippen LogP contribution in [0.5, 0.6) is 0 Å². The van der Waals surface area contributed by atoms with E-state index in [0.29, 0.717) is 9.99 Å². The van der Waals surface area contributed by atoms with Gasteiger partial charge in [-0.25, -0.2) is 8.42 Å². The van der Waals surface area contributed by atoms with Gasteiger partial charge in [0.15, 0.2) is 0 Å². The highest BCUT2D eigenvalue weighted by molar-refractivity contribution is 7.93. The first-order chi connectivity index (χ1) is 7.39. The van der Waals surface area contributed by atoms with Crippen molar-refractivity contribution in [3.8, 4) is 0 Å². The predicted octanol–water partition coefficient (Wildman–Crippen LogP) is 1.65. The highest BCUT2D eigenvalue weighted by atomic mass is 32.2. The first kappa shape index (κ1) is 12.7. The molecule has 0 unspecified atom stereocenters. The van der Waals surface area contributed by atoms with Crippen molar-refractivity contribution in [2.45, 2.75) is 12.7 Å². The number of hydrogen-bond donors (Lipinski definition) is 1. The molecule has 0 radical (unpaired) electrons. The Balaban J connectivity index is 3.19. The van der Waals surface area contributed by atoms with E-state index < -0.39 is 15.8 Å². The number of alkyl halides is 2. The van der Waals surface area contributed by atoms with Gasteiger partial charge >= 0.3 is 5.76 Å². The summed E-state index contributed by atoms with van der Waals surface area (Å²) in [7, 11) is -4.61. The summed E-state index contributed by atoms with van der Waals surface area (Å²) in [5, 5.41) is 0. The van der Waals surface area contributed by atoms with Crippen LogP contribution in [0.4, 0.5) is 20.2 Å². The number of nitrogens with zero attached hydrogens (tertiary/aromatic N) is 1. The van der Waals surface area contributed by atoms with Crippen molar-refractivity contribution in [3.63, 3.8) is 0 Å². The van der Waals surface area contributed by atoms with Crippen LogP contribution in [0.25, 0.3) is 0 Å². The number of benzene rings is 1. The Hall–Kier alpha value is -1.37. The second kappa shape index (κ2) is 4.65. The van der Waals surface area contributed by atoms with Crippen molar-refractivity contribution < 1.29 is 17.2 Å². The minimum atomic E-state index is -4.61. The van der Waals surface area contributed by atoms with Gasteiger partial charge in [0, 0.05) is 12.2 Å². The van der Waals surface area contributed by atoms with E-state index in [1.54, 1.807) is 6.07 Å². The van der Waals surface area contributed by atoms with Crippen molar-refractivity contribution in [3.05, 3.63) is 24.3 Å². The van der Waals surface area contributed by atoms with Gasteiger partial charge in [-0.3, -0.25) is 4.31 Å². The molecule has 2 N–H and O–H groups in total. The van der Waals surface area contributed by atoms with E-state index in [1.807, 2.05) is 0 Å². The van der Waals surface area contributed by atoms with E-state index in [4.69, 9.17) is 5.73 Å². The molecule has 0 saturated carbocycles. The molecule has 0 aromatic heterocycles. The molecular weight excluding hydrogens is 238 g/mol. The number of rotatable bonds is 4. The van der Waals surface area contributed by atoms with Crippen molar-refractivity contribution >= 4 is 21.4 Å². The van der Waals surface area contributed by atoms with E-state index >= 15 is 0 Å². The van der Waals surface area contributed by atoms with E-state index in [1.165, 1.54) is 25.1 Å². The molecule has 1 rings (SSSR count). The van der Waals surface area contributed by atoms with E-state index in [0.717, 1.165) is 0 Å².